The highest BCUT2D eigenvalue weighted by molar-refractivity contribution is 5.03. The van der Waals surface area contributed by atoms with Crippen molar-refractivity contribution >= 4 is 0 Å². The fourth-order valence-electron chi connectivity index (χ4n) is 4.11. The van der Waals surface area contributed by atoms with Crippen molar-refractivity contribution < 1.29 is 4.74 Å². The first-order valence-electron chi connectivity index (χ1n) is 13.4. The summed E-state index contributed by atoms with van der Waals surface area (Å²) in [5.74, 6) is 8.29. The van der Waals surface area contributed by atoms with Gasteiger partial charge in [0.05, 0.1) is 6.61 Å². The molecule has 2 atom stereocenters. The standard InChI is InChI=1S/C28H55NO/c1-6-10-13-15-22-28(19-12-8-3)26-29(5)23-18-25-30-24-17-16-21-27(9-4)20-14-11-7-2/h27-28H,6-15,17-20,22-26H2,1-5H3. The van der Waals surface area contributed by atoms with Crippen molar-refractivity contribution in [2.24, 2.45) is 11.8 Å². The molecule has 178 valence electrons. The molecule has 0 spiro atoms. The maximum atomic E-state index is 5.83. The van der Waals surface area contributed by atoms with Gasteiger partial charge in [-0.2, -0.15) is 0 Å². The van der Waals surface area contributed by atoms with Crippen LogP contribution in [0.4, 0.5) is 0 Å². The zero-order valence-electron chi connectivity index (χ0n) is 21.4. The molecule has 0 amide bonds. The molecule has 0 radical (unpaired) electrons. The molecule has 2 heteroatoms. The van der Waals surface area contributed by atoms with Crippen LogP contribution >= 0.6 is 0 Å². The number of hydrogen-bond donors (Lipinski definition) is 0. The van der Waals surface area contributed by atoms with Gasteiger partial charge in [0.1, 0.15) is 0 Å². The van der Waals surface area contributed by atoms with E-state index >= 15 is 0 Å². The lowest BCUT2D eigenvalue weighted by Gasteiger charge is -2.24. The lowest BCUT2D eigenvalue weighted by Crippen LogP contribution is -2.27. The van der Waals surface area contributed by atoms with Crippen molar-refractivity contribution in [3.05, 3.63) is 0 Å². The third-order valence-corrected chi connectivity index (χ3v) is 6.16. The van der Waals surface area contributed by atoms with Crippen LogP contribution in [0.2, 0.25) is 0 Å². The minimum Gasteiger partial charge on any atom is -0.380 e. The minimum atomic E-state index is 0.591. The molecule has 0 heterocycles. The van der Waals surface area contributed by atoms with Crippen LogP contribution in [0.5, 0.6) is 0 Å². The second kappa shape index (κ2) is 23.1. The Hall–Kier alpha value is -0.520. The highest BCUT2D eigenvalue weighted by atomic mass is 16.5. The van der Waals surface area contributed by atoms with Gasteiger partial charge < -0.3 is 9.64 Å². The summed E-state index contributed by atoms with van der Waals surface area (Å²) in [6.45, 7) is 13.2. The van der Waals surface area contributed by atoms with Gasteiger partial charge in [0, 0.05) is 32.0 Å². The molecule has 0 rings (SSSR count). The van der Waals surface area contributed by atoms with Gasteiger partial charge in [-0.25, -0.2) is 0 Å². The number of hydrogen-bond acceptors (Lipinski definition) is 2. The van der Waals surface area contributed by atoms with E-state index in [9.17, 15) is 0 Å². The summed E-state index contributed by atoms with van der Waals surface area (Å²) in [5.41, 5.74) is 0. The third kappa shape index (κ3) is 19.4. The molecule has 0 saturated heterocycles. The summed E-state index contributed by atoms with van der Waals surface area (Å²) < 4.78 is 5.83. The summed E-state index contributed by atoms with van der Waals surface area (Å²) in [6.07, 6.45) is 19.5. The van der Waals surface area contributed by atoms with Crippen LogP contribution in [0.3, 0.4) is 0 Å². The molecule has 0 bridgehead atoms. The summed E-state index contributed by atoms with van der Waals surface area (Å²) in [6, 6.07) is 0. The highest BCUT2D eigenvalue weighted by Gasteiger charge is 2.11. The molecule has 0 fully saturated rings. The zero-order chi connectivity index (χ0) is 22.3. The first kappa shape index (κ1) is 29.5. The third-order valence-electron chi connectivity index (χ3n) is 6.16. The Morgan fingerprint density at radius 3 is 2.10 bits per heavy atom. The van der Waals surface area contributed by atoms with Crippen LogP contribution in [0, 0.1) is 23.7 Å². The van der Waals surface area contributed by atoms with E-state index in [0.29, 0.717) is 5.92 Å². The van der Waals surface area contributed by atoms with Crippen LogP contribution in [-0.2, 0) is 4.74 Å². The molecule has 0 aliphatic heterocycles. The smallest absolute Gasteiger partial charge is 0.0575 e. The Morgan fingerprint density at radius 2 is 1.40 bits per heavy atom. The number of nitrogens with zero attached hydrogens (tertiary/aromatic N) is 1. The van der Waals surface area contributed by atoms with E-state index in [4.69, 9.17) is 4.74 Å². The zero-order valence-corrected chi connectivity index (χ0v) is 21.4. The van der Waals surface area contributed by atoms with Crippen molar-refractivity contribution in [2.75, 3.05) is 33.4 Å². The molecule has 30 heavy (non-hydrogen) atoms. The largest absolute Gasteiger partial charge is 0.380 e. The fraction of sp³-hybridized carbons (Fsp3) is 0.929. The molecular formula is C28H55NO. The van der Waals surface area contributed by atoms with Crippen molar-refractivity contribution in [1.82, 2.24) is 4.90 Å². The van der Waals surface area contributed by atoms with E-state index in [-0.39, 0.29) is 0 Å². The molecule has 2 nitrogen and oxygen atoms in total. The van der Waals surface area contributed by atoms with E-state index in [0.717, 1.165) is 38.5 Å². The molecule has 0 N–H and O–H groups in total. The van der Waals surface area contributed by atoms with Gasteiger partial charge in [-0.15, -0.1) is 5.92 Å². The molecule has 0 aliphatic rings. The molecule has 2 unspecified atom stereocenters. The average Bonchev–Trinajstić information content (AvgIpc) is 2.75. The number of unbranched alkanes of at least 4 members (excludes halogenated alkanes) is 6. The fourth-order valence-corrected chi connectivity index (χ4v) is 4.11. The van der Waals surface area contributed by atoms with E-state index in [1.54, 1.807) is 0 Å². The Labute approximate surface area is 190 Å². The molecule has 0 aromatic heterocycles. The van der Waals surface area contributed by atoms with E-state index in [1.807, 2.05) is 0 Å². The van der Waals surface area contributed by atoms with Gasteiger partial charge in [-0.3, -0.25) is 0 Å². The molecular weight excluding hydrogens is 366 g/mol. The number of ether oxygens (including phenoxy) is 1. The summed E-state index contributed by atoms with van der Waals surface area (Å²) in [4.78, 5) is 2.53. The van der Waals surface area contributed by atoms with Crippen LogP contribution < -0.4 is 0 Å². The van der Waals surface area contributed by atoms with Gasteiger partial charge in [0.2, 0.25) is 0 Å². The van der Waals surface area contributed by atoms with Crippen LogP contribution in [-0.4, -0.2) is 38.3 Å². The molecule has 0 aromatic carbocycles. The lowest BCUT2D eigenvalue weighted by molar-refractivity contribution is 0.125. The van der Waals surface area contributed by atoms with Gasteiger partial charge in [-0.1, -0.05) is 91.4 Å². The van der Waals surface area contributed by atoms with Crippen LogP contribution in [0.1, 0.15) is 124 Å². The predicted molar refractivity (Wildman–Crippen MR) is 135 cm³/mol. The lowest BCUT2D eigenvalue weighted by atomic mass is 9.94. The van der Waals surface area contributed by atoms with Crippen molar-refractivity contribution in [3.8, 4) is 11.8 Å². The Bertz CT molecular complexity index is 397. The Balaban J connectivity index is 3.85. The second-order valence-corrected chi connectivity index (χ2v) is 9.26. The topological polar surface area (TPSA) is 12.5 Å². The number of rotatable bonds is 21. The summed E-state index contributed by atoms with van der Waals surface area (Å²) in [7, 11) is 2.29. The van der Waals surface area contributed by atoms with Crippen molar-refractivity contribution in [2.45, 2.75) is 124 Å². The molecule has 0 aromatic rings. The minimum absolute atomic E-state index is 0.591. The summed E-state index contributed by atoms with van der Waals surface area (Å²) in [5, 5.41) is 0. The van der Waals surface area contributed by atoms with E-state index in [2.05, 4.69) is 51.5 Å². The van der Waals surface area contributed by atoms with Crippen molar-refractivity contribution in [3.63, 3.8) is 0 Å². The van der Waals surface area contributed by atoms with Gasteiger partial charge >= 0.3 is 0 Å². The highest BCUT2D eigenvalue weighted by Crippen LogP contribution is 2.18. The normalized spacial score (nSPS) is 13.3. The SMILES string of the molecule is CCCCCCC(CCCC)CN(C)CCCOCCC#CC(CC)CCCCC. The van der Waals surface area contributed by atoms with E-state index in [1.165, 1.54) is 90.0 Å². The van der Waals surface area contributed by atoms with Crippen LogP contribution in [0.15, 0.2) is 0 Å². The maximum Gasteiger partial charge on any atom is 0.0575 e. The first-order chi connectivity index (χ1) is 14.7. The van der Waals surface area contributed by atoms with Crippen molar-refractivity contribution in [1.29, 1.82) is 0 Å². The Morgan fingerprint density at radius 1 is 0.733 bits per heavy atom. The summed E-state index contributed by atoms with van der Waals surface area (Å²) >= 11 is 0. The second-order valence-electron chi connectivity index (χ2n) is 9.26. The first-order valence-corrected chi connectivity index (χ1v) is 13.4. The monoisotopic (exact) mass is 421 g/mol. The maximum absolute atomic E-state index is 5.83. The van der Waals surface area contributed by atoms with Gasteiger partial charge in [0.15, 0.2) is 0 Å². The molecule has 0 aliphatic carbocycles. The van der Waals surface area contributed by atoms with Gasteiger partial charge in [0.25, 0.3) is 0 Å². The average molecular weight is 422 g/mol. The van der Waals surface area contributed by atoms with Crippen LogP contribution in [0.25, 0.3) is 0 Å². The quantitative estimate of drug-likeness (QED) is 0.137. The van der Waals surface area contributed by atoms with Gasteiger partial charge in [-0.05, 0) is 45.1 Å². The Kier molecular flexibility index (Phi) is 22.7. The predicted octanol–water partition coefficient (Wildman–Crippen LogP) is 8.10. The van der Waals surface area contributed by atoms with E-state index < -0.39 is 0 Å². The molecule has 0 saturated carbocycles.